The fourth-order valence-corrected chi connectivity index (χ4v) is 2.83. The summed E-state index contributed by atoms with van der Waals surface area (Å²) in [5, 5.41) is 8.05. The summed E-state index contributed by atoms with van der Waals surface area (Å²) in [5.74, 6) is 0.0756. The first-order chi connectivity index (χ1) is 9.24. The van der Waals surface area contributed by atoms with Gasteiger partial charge in [-0.15, -0.1) is 11.3 Å². The monoisotopic (exact) mass is 270 g/mol. The van der Waals surface area contributed by atoms with Crippen LogP contribution in [0.2, 0.25) is 0 Å². The second kappa shape index (κ2) is 4.97. The highest BCUT2D eigenvalue weighted by Crippen LogP contribution is 2.21. The highest BCUT2D eigenvalue weighted by Gasteiger charge is 2.25. The predicted octanol–water partition coefficient (Wildman–Crippen LogP) is 3.19. The smallest absolute Gasteiger partial charge is 0.249 e. The zero-order valence-corrected chi connectivity index (χ0v) is 11.5. The first kappa shape index (κ1) is 12.1. The minimum absolute atomic E-state index is 0.0756. The van der Waals surface area contributed by atoms with Crippen LogP contribution in [0, 0.1) is 6.92 Å². The Labute approximate surface area is 116 Å². The molecule has 2 aromatic rings. The molecule has 0 bridgehead atoms. The molecule has 1 amide bonds. The number of rotatable bonds is 3. The molecule has 1 aliphatic heterocycles. The van der Waals surface area contributed by atoms with E-state index < -0.39 is 0 Å². The molecule has 0 aliphatic carbocycles. The van der Waals surface area contributed by atoms with E-state index in [2.05, 4.69) is 18.1 Å². The zero-order valence-electron chi connectivity index (χ0n) is 10.7. The first-order valence-corrected chi connectivity index (χ1v) is 7.08. The van der Waals surface area contributed by atoms with E-state index in [4.69, 9.17) is 0 Å². The van der Waals surface area contributed by atoms with Crippen molar-refractivity contribution in [1.29, 1.82) is 0 Å². The summed E-state index contributed by atoms with van der Waals surface area (Å²) in [5.41, 5.74) is 3.22. The first-order valence-electron chi connectivity index (χ1n) is 6.20. The lowest BCUT2D eigenvalue weighted by Gasteiger charge is -2.13. The molecule has 2 heterocycles. The Kier molecular flexibility index (Phi) is 3.17. The van der Waals surface area contributed by atoms with Crippen LogP contribution in [0.15, 0.2) is 46.9 Å². The average molecular weight is 270 g/mol. The lowest BCUT2D eigenvalue weighted by molar-refractivity contribution is -0.129. The van der Waals surface area contributed by atoms with Crippen LogP contribution in [0.1, 0.15) is 22.4 Å². The summed E-state index contributed by atoms with van der Waals surface area (Å²) in [7, 11) is 0. The van der Waals surface area contributed by atoms with Crippen LogP contribution < -0.4 is 0 Å². The third kappa shape index (κ3) is 2.44. The van der Waals surface area contributed by atoms with Gasteiger partial charge in [-0.3, -0.25) is 4.79 Å². The summed E-state index contributed by atoms with van der Waals surface area (Å²) in [6.07, 6.45) is 0.409. The third-order valence-electron chi connectivity index (χ3n) is 3.23. The lowest BCUT2D eigenvalue weighted by Crippen LogP contribution is -2.20. The number of hydrogen-bond donors (Lipinski definition) is 0. The largest absolute Gasteiger partial charge is 0.272 e. The number of amides is 1. The van der Waals surface area contributed by atoms with Crippen molar-refractivity contribution in [3.63, 3.8) is 0 Å². The van der Waals surface area contributed by atoms with Crippen LogP contribution in [0.25, 0.3) is 0 Å². The Morgan fingerprint density at radius 1 is 1.26 bits per heavy atom. The number of hydrogen-bond acceptors (Lipinski definition) is 3. The van der Waals surface area contributed by atoms with Crippen LogP contribution in [0.4, 0.5) is 0 Å². The Morgan fingerprint density at radius 2 is 2.11 bits per heavy atom. The minimum atomic E-state index is 0.0756. The number of thiophene rings is 1. The number of aryl methyl sites for hydroxylation is 1. The molecule has 19 heavy (non-hydrogen) atoms. The molecule has 3 rings (SSSR count). The van der Waals surface area contributed by atoms with Gasteiger partial charge in [0.1, 0.15) is 0 Å². The van der Waals surface area contributed by atoms with Crippen LogP contribution in [-0.2, 0) is 11.3 Å². The Bertz CT molecular complexity index is 631. The molecule has 0 saturated carbocycles. The summed E-state index contributed by atoms with van der Waals surface area (Å²) in [6.45, 7) is 2.61. The van der Waals surface area contributed by atoms with Gasteiger partial charge in [-0.05, 0) is 29.5 Å². The SMILES string of the molecule is Cc1ccccc1CN1N=C(c2cccs2)CC1=O. The van der Waals surface area contributed by atoms with E-state index in [9.17, 15) is 4.79 Å². The second-order valence-corrected chi connectivity index (χ2v) is 5.53. The summed E-state index contributed by atoms with van der Waals surface area (Å²) < 4.78 is 0. The Morgan fingerprint density at radius 3 is 2.84 bits per heavy atom. The molecule has 3 nitrogen and oxygen atoms in total. The molecule has 96 valence electrons. The standard InChI is InChI=1S/C15H14N2OS/c1-11-5-2-3-6-12(11)10-17-15(18)9-13(16-17)14-7-4-8-19-14/h2-8H,9-10H2,1H3. The van der Waals surface area contributed by atoms with Gasteiger partial charge in [0.05, 0.1) is 23.6 Å². The van der Waals surface area contributed by atoms with E-state index in [1.54, 1.807) is 16.3 Å². The van der Waals surface area contributed by atoms with Crippen molar-refractivity contribution in [2.75, 3.05) is 0 Å². The molecule has 1 aromatic carbocycles. The molecule has 1 aromatic heterocycles. The minimum Gasteiger partial charge on any atom is -0.272 e. The van der Waals surface area contributed by atoms with Crippen LogP contribution in [0.3, 0.4) is 0 Å². The van der Waals surface area contributed by atoms with Crippen molar-refractivity contribution < 1.29 is 4.79 Å². The molecule has 0 spiro atoms. The molecule has 0 radical (unpaired) electrons. The van der Waals surface area contributed by atoms with E-state index in [0.717, 1.165) is 16.2 Å². The van der Waals surface area contributed by atoms with Gasteiger partial charge in [0.25, 0.3) is 0 Å². The van der Waals surface area contributed by atoms with Gasteiger partial charge in [0.15, 0.2) is 0 Å². The number of hydrazone groups is 1. The molecule has 0 fully saturated rings. The quantitative estimate of drug-likeness (QED) is 0.843. The molecular weight excluding hydrogens is 256 g/mol. The Hall–Kier alpha value is -1.94. The summed E-state index contributed by atoms with van der Waals surface area (Å²) in [6, 6.07) is 12.1. The van der Waals surface area contributed by atoms with E-state index in [0.29, 0.717) is 13.0 Å². The highest BCUT2D eigenvalue weighted by atomic mass is 32.1. The van der Waals surface area contributed by atoms with Gasteiger partial charge in [0, 0.05) is 0 Å². The molecular formula is C15H14N2OS. The van der Waals surface area contributed by atoms with Gasteiger partial charge in [-0.1, -0.05) is 30.3 Å². The number of benzene rings is 1. The molecule has 0 saturated heterocycles. The van der Waals surface area contributed by atoms with E-state index >= 15 is 0 Å². The highest BCUT2D eigenvalue weighted by molar-refractivity contribution is 7.12. The third-order valence-corrected chi connectivity index (χ3v) is 4.15. The van der Waals surface area contributed by atoms with Crippen molar-refractivity contribution >= 4 is 23.0 Å². The van der Waals surface area contributed by atoms with Crippen molar-refractivity contribution in [1.82, 2.24) is 5.01 Å². The maximum Gasteiger partial charge on any atom is 0.249 e. The van der Waals surface area contributed by atoms with Gasteiger partial charge in [-0.25, -0.2) is 5.01 Å². The van der Waals surface area contributed by atoms with Gasteiger partial charge in [-0.2, -0.15) is 5.10 Å². The average Bonchev–Trinajstić information content (AvgIpc) is 3.02. The maximum atomic E-state index is 12.0. The van der Waals surface area contributed by atoms with Crippen molar-refractivity contribution in [3.05, 3.63) is 57.8 Å². The van der Waals surface area contributed by atoms with E-state index in [1.807, 2.05) is 35.7 Å². The normalized spacial score (nSPS) is 14.9. The predicted molar refractivity (Wildman–Crippen MR) is 77.2 cm³/mol. The molecule has 0 N–H and O–H groups in total. The topological polar surface area (TPSA) is 32.7 Å². The van der Waals surface area contributed by atoms with Crippen molar-refractivity contribution in [3.8, 4) is 0 Å². The van der Waals surface area contributed by atoms with Crippen LogP contribution in [-0.4, -0.2) is 16.6 Å². The van der Waals surface area contributed by atoms with Gasteiger partial charge >= 0.3 is 0 Å². The Balaban J connectivity index is 1.82. The molecule has 1 aliphatic rings. The van der Waals surface area contributed by atoms with Crippen molar-refractivity contribution in [2.24, 2.45) is 5.10 Å². The second-order valence-electron chi connectivity index (χ2n) is 4.58. The zero-order chi connectivity index (χ0) is 13.2. The number of carbonyl (C=O) groups is 1. The molecule has 0 atom stereocenters. The lowest BCUT2D eigenvalue weighted by atomic mass is 10.1. The molecule has 0 unspecified atom stereocenters. The van der Waals surface area contributed by atoms with Crippen molar-refractivity contribution in [2.45, 2.75) is 19.9 Å². The van der Waals surface area contributed by atoms with Gasteiger partial charge in [0.2, 0.25) is 5.91 Å². The van der Waals surface area contributed by atoms with Crippen LogP contribution in [0.5, 0.6) is 0 Å². The number of carbonyl (C=O) groups excluding carboxylic acids is 1. The summed E-state index contributed by atoms with van der Waals surface area (Å²) >= 11 is 1.62. The number of nitrogens with zero attached hydrogens (tertiary/aromatic N) is 2. The summed E-state index contributed by atoms with van der Waals surface area (Å²) in [4.78, 5) is 13.1. The fraction of sp³-hybridized carbons (Fsp3) is 0.200. The van der Waals surface area contributed by atoms with E-state index in [1.165, 1.54) is 5.56 Å². The fourth-order valence-electron chi connectivity index (χ4n) is 2.12. The van der Waals surface area contributed by atoms with Gasteiger partial charge < -0.3 is 0 Å². The van der Waals surface area contributed by atoms with E-state index in [-0.39, 0.29) is 5.91 Å². The van der Waals surface area contributed by atoms with Crippen LogP contribution >= 0.6 is 11.3 Å². The molecule has 4 heteroatoms. The maximum absolute atomic E-state index is 12.0.